The van der Waals surface area contributed by atoms with Crippen molar-refractivity contribution in [2.75, 3.05) is 17.5 Å². The van der Waals surface area contributed by atoms with Gasteiger partial charge in [0.15, 0.2) is 6.61 Å². The van der Waals surface area contributed by atoms with Crippen molar-refractivity contribution in [1.29, 1.82) is 0 Å². The summed E-state index contributed by atoms with van der Waals surface area (Å²) >= 11 is 6.24. The maximum atomic E-state index is 13.5. The van der Waals surface area contributed by atoms with E-state index in [1.807, 2.05) is 6.92 Å². The average molecular weight is 517 g/mol. The van der Waals surface area contributed by atoms with Gasteiger partial charge in [-0.05, 0) is 61.4 Å². The van der Waals surface area contributed by atoms with Gasteiger partial charge < -0.3 is 15.2 Å². The normalized spacial score (nSPS) is 11.1. The van der Waals surface area contributed by atoms with Crippen molar-refractivity contribution in [3.8, 4) is 5.75 Å². The first-order chi connectivity index (χ1) is 16.6. The summed E-state index contributed by atoms with van der Waals surface area (Å²) in [6.07, 6.45) is 0. The number of ether oxygens (including phenoxy) is 1. The number of aliphatic carboxylic acids is 1. The van der Waals surface area contributed by atoms with E-state index < -0.39 is 35.1 Å². The molecule has 0 saturated carbocycles. The quantitative estimate of drug-likeness (QED) is 0.422. The molecule has 0 radical (unpaired) electrons. The van der Waals surface area contributed by atoms with E-state index in [2.05, 4.69) is 5.32 Å². The first kappa shape index (κ1) is 26.1. The lowest BCUT2D eigenvalue weighted by Crippen LogP contribution is -2.41. The van der Waals surface area contributed by atoms with Gasteiger partial charge in [-0.15, -0.1) is 0 Å². The fraction of sp³-hybridized carbons (Fsp3) is 0.200. The predicted molar refractivity (Wildman–Crippen MR) is 133 cm³/mol. The first-order valence-electron chi connectivity index (χ1n) is 10.6. The minimum absolute atomic E-state index is 0.0622. The number of carboxylic acid groups (broad SMARTS) is 1. The molecule has 3 rings (SSSR count). The van der Waals surface area contributed by atoms with Crippen molar-refractivity contribution in [2.24, 2.45) is 0 Å². The fourth-order valence-electron chi connectivity index (χ4n) is 3.24. The van der Waals surface area contributed by atoms with E-state index in [1.165, 1.54) is 12.1 Å². The third-order valence-electron chi connectivity index (χ3n) is 5.18. The second kappa shape index (κ2) is 11.2. The van der Waals surface area contributed by atoms with Gasteiger partial charge in [-0.3, -0.25) is 9.10 Å². The summed E-state index contributed by atoms with van der Waals surface area (Å²) < 4.78 is 33.2. The molecule has 184 valence electrons. The van der Waals surface area contributed by atoms with Crippen molar-refractivity contribution in [2.45, 2.75) is 25.3 Å². The monoisotopic (exact) mass is 516 g/mol. The summed E-state index contributed by atoms with van der Waals surface area (Å²) in [6, 6.07) is 17.8. The maximum absolute atomic E-state index is 13.5. The topological polar surface area (TPSA) is 113 Å². The Morgan fingerprint density at radius 2 is 1.66 bits per heavy atom. The number of carbonyl (C=O) groups is 2. The Hall–Kier alpha value is -3.56. The van der Waals surface area contributed by atoms with Crippen LogP contribution < -0.4 is 14.4 Å². The van der Waals surface area contributed by atoms with Gasteiger partial charge in [0, 0.05) is 11.6 Å². The number of benzene rings is 3. The number of amides is 1. The van der Waals surface area contributed by atoms with Crippen LogP contribution in [0.4, 0.5) is 5.69 Å². The summed E-state index contributed by atoms with van der Waals surface area (Å²) in [5.41, 5.74) is 2.49. The zero-order valence-electron chi connectivity index (χ0n) is 19.2. The van der Waals surface area contributed by atoms with Crippen LogP contribution in [0.3, 0.4) is 0 Å². The van der Waals surface area contributed by atoms with Gasteiger partial charge in [-0.25, -0.2) is 13.2 Å². The minimum atomic E-state index is -4.06. The van der Waals surface area contributed by atoms with Crippen molar-refractivity contribution in [3.63, 3.8) is 0 Å². The minimum Gasteiger partial charge on any atom is -0.482 e. The van der Waals surface area contributed by atoms with Gasteiger partial charge in [0.25, 0.3) is 10.0 Å². The summed E-state index contributed by atoms with van der Waals surface area (Å²) in [4.78, 5) is 23.5. The van der Waals surface area contributed by atoms with E-state index in [0.717, 1.165) is 15.4 Å². The summed E-state index contributed by atoms with van der Waals surface area (Å²) in [5, 5.41) is 11.8. The van der Waals surface area contributed by atoms with E-state index in [1.54, 1.807) is 61.5 Å². The largest absolute Gasteiger partial charge is 0.482 e. The lowest BCUT2D eigenvalue weighted by molar-refractivity contribution is -0.139. The molecule has 0 fully saturated rings. The van der Waals surface area contributed by atoms with Gasteiger partial charge in [-0.2, -0.15) is 0 Å². The van der Waals surface area contributed by atoms with Gasteiger partial charge in [0.2, 0.25) is 5.91 Å². The fourth-order valence-corrected chi connectivity index (χ4v) is 4.89. The van der Waals surface area contributed by atoms with E-state index in [9.17, 15) is 18.0 Å². The van der Waals surface area contributed by atoms with Crippen LogP contribution in [-0.4, -0.2) is 38.6 Å². The van der Waals surface area contributed by atoms with E-state index in [4.69, 9.17) is 21.4 Å². The third kappa shape index (κ3) is 6.74. The number of hydrogen-bond acceptors (Lipinski definition) is 5. The Kier molecular flexibility index (Phi) is 8.37. The Morgan fingerprint density at radius 1 is 1.00 bits per heavy atom. The molecule has 0 saturated heterocycles. The number of nitrogens with one attached hydrogen (secondary N) is 1. The number of rotatable bonds is 10. The molecule has 0 spiro atoms. The molecule has 1 amide bonds. The zero-order chi connectivity index (χ0) is 25.6. The zero-order valence-corrected chi connectivity index (χ0v) is 20.8. The molecule has 10 heteroatoms. The summed E-state index contributed by atoms with van der Waals surface area (Å²) in [5.74, 6) is -1.21. The molecule has 3 aromatic rings. The molecular weight excluding hydrogens is 492 g/mol. The van der Waals surface area contributed by atoms with Gasteiger partial charge in [0.05, 0.1) is 10.6 Å². The molecule has 3 aromatic carbocycles. The number of sulfonamides is 1. The van der Waals surface area contributed by atoms with Crippen molar-refractivity contribution in [1.82, 2.24) is 5.32 Å². The van der Waals surface area contributed by atoms with E-state index in [0.29, 0.717) is 22.0 Å². The Balaban J connectivity index is 1.79. The molecule has 0 heterocycles. The maximum Gasteiger partial charge on any atom is 0.341 e. The standard InChI is InChI=1S/C25H25ClN2O6S/c1-17-6-12-21(13-7-17)35(32,33)28(23-5-3-4-22(26)18(23)2)15-24(29)27-14-19-8-10-20(11-9-19)34-16-25(30)31/h3-13H,14-16H2,1-2H3,(H,27,29)(H,30,31). The van der Waals surface area contributed by atoms with Crippen molar-refractivity contribution < 1.29 is 27.9 Å². The molecule has 8 nitrogen and oxygen atoms in total. The van der Waals surface area contributed by atoms with Crippen LogP contribution in [0, 0.1) is 13.8 Å². The van der Waals surface area contributed by atoms with Crippen molar-refractivity contribution in [3.05, 3.63) is 88.4 Å². The van der Waals surface area contributed by atoms with Crippen LogP contribution in [0.1, 0.15) is 16.7 Å². The molecule has 0 unspecified atom stereocenters. The second-order valence-corrected chi connectivity index (χ2v) is 10.1. The molecule has 35 heavy (non-hydrogen) atoms. The highest BCUT2D eigenvalue weighted by Crippen LogP contribution is 2.30. The average Bonchev–Trinajstić information content (AvgIpc) is 2.82. The summed E-state index contributed by atoms with van der Waals surface area (Å²) in [6.45, 7) is 2.79. The van der Waals surface area contributed by atoms with E-state index >= 15 is 0 Å². The number of carboxylic acids is 1. The van der Waals surface area contributed by atoms with Gasteiger partial charge in [0.1, 0.15) is 12.3 Å². The molecule has 0 aliphatic heterocycles. The number of hydrogen-bond donors (Lipinski definition) is 2. The number of aryl methyl sites for hydroxylation is 1. The highest BCUT2D eigenvalue weighted by Gasteiger charge is 2.28. The Morgan fingerprint density at radius 3 is 2.29 bits per heavy atom. The molecule has 0 aromatic heterocycles. The number of anilines is 1. The smallest absolute Gasteiger partial charge is 0.341 e. The lowest BCUT2D eigenvalue weighted by Gasteiger charge is -2.26. The van der Waals surface area contributed by atoms with Crippen LogP contribution in [0.2, 0.25) is 5.02 Å². The lowest BCUT2D eigenvalue weighted by atomic mass is 10.2. The molecule has 0 atom stereocenters. The summed E-state index contributed by atoms with van der Waals surface area (Å²) in [7, 11) is -4.06. The predicted octanol–water partition coefficient (Wildman–Crippen LogP) is 3.93. The van der Waals surface area contributed by atoms with Crippen LogP contribution in [-0.2, 0) is 26.2 Å². The van der Waals surface area contributed by atoms with Crippen LogP contribution in [0.25, 0.3) is 0 Å². The highest BCUT2D eigenvalue weighted by atomic mass is 35.5. The third-order valence-corrected chi connectivity index (χ3v) is 7.36. The van der Waals surface area contributed by atoms with Crippen molar-refractivity contribution >= 4 is 39.2 Å². The molecular formula is C25H25ClN2O6S. The highest BCUT2D eigenvalue weighted by molar-refractivity contribution is 7.92. The first-order valence-corrected chi connectivity index (χ1v) is 12.4. The van der Waals surface area contributed by atoms with Gasteiger partial charge >= 0.3 is 5.97 Å². The Labute approximate surface area is 209 Å². The SMILES string of the molecule is Cc1ccc(S(=O)(=O)N(CC(=O)NCc2ccc(OCC(=O)O)cc2)c2cccc(Cl)c2C)cc1. The van der Waals surface area contributed by atoms with Crippen LogP contribution in [0.5, 0.6) is 5.75 Å². The number of halogens is 1. The number of carbonyl (C=O) groups excluding carboxylic acids is 1. The number of nitrogens with zero attached hydrogens (tertiary/aromatic N) is 1. The van der Waals surface area contributed by atoms with Crippen LogP contribution >= 0.6 is 11.6 Å². The second-order valence-electron chi connectivity index (χ2n) is 7.81. The molecule has 2 N–H and O–H groups in total. The molecule has 0 aliphatic rings. The van der Waals surface area contributed by atoms with Gasteiger partial charge in [-0.1, -0.05) is 47.5 Å². The van der Waals surface area contributed by atoms with Crippen LogP contribution in [0.15, 0.2) is 71.6 Å². The van der Waals surface area contributed by atoms with E-state index in [-0.39, 0.29) is 11.4 Å². The molecule has 0 aliphatic carbocycles. The molecule has 0 bridgehead atoms. The Bertz CT molecular complexity index is 1310.